The molecule has 0 atom stereocenters. The summed E-state index contributed by atoms with van der Waals surface area (Å²) in [5.74, 6) is 1.05. The van der Waals surface area contributed by atoms with Crippen molar-refractivity contribution in [3.63, 3.8) is 0 Å². The molecule has 1 heterocycles. The summed E-state index contributed by atoms with van der Waals surface area (Å²) >= 11 is 3.56. The van der Waals surface area contributed by atoms with Crippen LogP contribution < -0.4 is 10.1 Å². The van der Waals surface area contributed by atoms with Crippen molar-refractivity contribution in [3.05, 3.63) is 27.7 Å². The van der Waals surface area contributed by atoms with Crippen LogP contribution in [0.2, 0.25) is 0 Å². The van der Waals surface area contributed by atoms with Gasteiger partial charge < -0.3 is 14.8 Å². The molecule has 4 heteroatoms. The molecular weight excluding hydrogens is 294 g/mol. The standard InChI is InChI=1S/C14H20BrNO2/c1-14(2,9-17-3)16-8-11-7-12(15)6-10-4-5-18-13(10)11/h6-7,16H,4-5,8-9H2,1-3H3. The molecule has 100 valence electrons. The van der Waals surface area contributed by atoms with Crippen LogP contribution in [0, 0.1) is 0 Å². The zero-order chi connectivity index (χ0) is 13.2. The quantitative estimate of drug-likeness (QED) is 0.906. The van der Waals surface area contributed by atoms with Crippen molar-refractivity contribution in [1.82, 2.24) is 5.32 Å². The molecule has 0 unspecified atom stereocenters. The average molecular weight is 314 g/mol. The van der Waals surface area contributed by atoms with Gasteiger partial charge in [0, 0.05) is 35.7 Å². The highest BCUT2D eigenvalue weighted by Crippen LogP contribution is 2.33. The lowest BCUT2D eigenvalue weighted by Crippen LogP contribution is -2.42. The number of hydrogen-bond donors (Lipinski definition) is 1. The van der Waals surface area contributed by atoms with Crippen molar-refractivity contribution in [2.75, 3.05) is 20.3 Å². The minimum atomic E-state index is -0.0391. The maximum absolute atomic E-state index is 5.72. The smallest absolute Gasteiger partial charge is 0.127 e. The zero-order valence-electron chi connectivity index (χ0n) is 11.2. The van der Waals surface area contributed by atoms with Crippen molar-refractivity contribution in [2.24, 2.45) is 0 Å². The molecule has 3 nitrogen and oxygen atoms in total. The molecular formula is C14H20BrNO2. The van der Waals surface area contributed by atoms with Crippen molar-refractivity contribution in [3.8, 4) is 5.75 Å². The summed E-state index contributed by atoms with van der Waals surface area (Å²) in [4.78, 5) is 0. The lowest BCUT2D eigenvalue weighted by Gasteiger charge is -2.26. The van der Waals surface area contributed by atoms with Crippen molar-refractivity contribution in [1.29, 1.82) is 0 Å². The fourth-order valence-corrected chi connectivity index (χ4v) is 2.78. The molecule has 0 amide bonds. The van der Waals surface area contributed by atoms with Crippen LogP contribution in [-0.2, 0) is 17.7 Å². The second kappa shape index (κ2) is 5.59. The first-order valence-corrected chi connectivity index (χ1v) is 6.99. The van der Waals surface area contributed by atoms with Crippen LogP contribution in [0.5, 0.6) is 5.75 Å². The molecule has 0 bridgehead atoms. The van der Waals surface area contributed by atoms with E-state index in [1.165, 1.54) is 11.1 Å². The fourth-order valence-electron chi connectivity index (χ4n) is 2.22. The van der Waals surface area contributed by atoms with E-state index >= 15 is 0 Å². The van der Waals surface area contributed by atoms with Gasteiger partial charge in [-0.2, -0.15) is 0 Å². The summed E-state index contributed by atoms with van der Waals surface area (Å²) < 4.78 is 12.0. The van der Waals surface area contributed by atoms with E-state index in [0.29, 0.717) is 6.61 Å². The van der Waals surface area contributed by atoms with Gasteiger partial charge in [-0.15, -0.1) is 0 Å². The highest BCUT2D eigenvalue weighted by molar-refractivity contribution is 9.10. The molecule has 1 aliphatic rings. The molecule has 0 aromatic heterocycles. The summed E-state index contributed by atoms with van der Waals surface area (Å²) in [6.07, 6.45) is 1.00. The largest absolute Gasteiger partial charge is 0.493 e. The predicted octanol–water partition coefficient (Wildman–Crippen LogP) is 2.90. The fraction of sp³-hybridized carbons (Fsp3) is 0.571. The highest BCUT2D eigenvalue weighted by Gasteiger charge is 2.21. The second-order valence-electron chi connectivity index (χ2n) is 5.32. The molecule has 0 fully saturated rings. The van der Waals surface area contributed by atoms with Crippen LogP contribution in [0.3, 0.4) is 0 Å². The third kappa shape index (κ3) is 3.25. The first-order chi connectivity index (χ1) is 8.52. The van der Waals surface area contributed by atoms with E-state index in [9.17, 15) is 0 Å². The van der Waals surface area contributed by atoms with Gasteiger partial charge in [0.15, 0.2) is 0 Å². The van der Waals surface area contributed by atoms with Gasteiger partial charge in [0.05, 0.1) is 13.2 Å². The first kappa shape index (κ1) is 13.8. The van der Waals surface area contributed by atoms with Gasteiger partial charge in [-0.25, -0.2) is 0 Å². The van der Waals surface area contributed by atoms with Gasteiger partial charge in [0.1, 0.15) is 5.75 Å². The Kier molecular flexibility index (Phi) is 4.30. The average Bonchev–Trinajstić information content (AvgIpc) is 2.73. The molecule has 0 saturated carbocycles. The van der Waals surface area contributed by atoms with Crippen LogP contribution in [0.4, 0.5) is 0 Å². The maximum atomic E-state index is 5.72. The summed E-state index contributed by atoms with van der Waals surface area (Å²) in [5.41, 5.74) is 2.47. The van der Waals surface area contributed by atoms with E-state index in [2.05, 4.69) is 47.2 Å². The summed E-state index contributed by atoms with van der Waals surface area (Å²) in [6, 6.07) is 4.27. The van der Waals surface area contributed by atoms with Gasteiger partial charge in [-0.05, 0) is 31.5 Å². The molecule has 0 saturated heterocycles. The molecule has 2 rings (SSSR count). The monoisotopic (exact) mass is 313 g/mol. The Morgan fingerprint density at radius 3 is 2.94 bits per heavy atom. The van der Waals surface area contributed by atoms with Crippen LogP contribution in [-0.4, -0.2) is 25.9 Å². The Morgan fingerprint density at radius 1 is 1.44 bits per heavy atom. The van der Waals surface area contributed by atoms with Crippen LogP contribution in [0.25, 0.3) is 0 Å². The molecule has 0 spiro atoms. The Morgan fingerprint density at radius 2 is 2.22 bits per heavy atom. The molecule has 1 N–H and O–H groups in total. The maximum Gasteiger partial charge on any atom is 0.127 e. The Bertz CT molecular complexity index is 432. The number of benzene rings is 1. The third-order valence-electron chi connectivity index (χ3n) is 3.09. The lowest BCUT2D eigenvalue weighted by atomic mass is 10.0. The van der Waals surface area contributed by atoms with E-state index in [4.69, 9.17) is 9.47 Å². The van der Waals surface area contributed by atoms with Gasteiger partial charge in [-0.3, -0.25) is 0 Å². The molecule has 1 aliphatic heterocycles. The van der Waals surface area contributed by atoms with Crippen molar-refractivity contribution in [2.45, 2.75) is 32.4 Å². The van der Waals surface area contributed by atoms with Crippen molar-refractivity contribution >= 4 is 15.9 Å². The summed E-state index contributed by atoms with van der Waals surface area (Å²) in [7, 11) is 1.73. The summed E-state index contributed by atoms with van der Waals surface area (Å²) in [5, 5.41) is 3.51. The van der Waals surface area contributed by atoms with Crippen LogP contribution >= 0.6 is 15.9 Å². The molecule has 1 aromatic carbocycles. The van der Waals surface area contributed by atoms with Crippen molar-refractivity contribution < 1.29 is 9.47 Å². The van der Waals surface area contributed by atoms with E-state index in [-0.39, 0.29) is 5.54 Å². The van der Waals surface area contributed by atoms with Gasteiger partial charge >= 0.3 is 0 Å². The van der Waals surface area contributed by atoms with E-state index in [0.717, 1.165) is 29.8 Å². The molecule has 1 aromatic rings. The van der Waals surface area contributed by atoms with Gasteiger partial charge in [-0.1, -0.05) is 15.9 Å². The number of nitrogens with one attached hydrogen (secondary N) is 1. The Balaban J connectivity index is 2.10. The second-order valence-corrected chi connectivity index (χ2v) is 6.24. The number of halogens is 1. The third-order valence-corrected chi connectivity index (χ3v) is 3.55. The minimum Gasteiger partial charge on any atom is -0.493 e. The van der Waals surface area contributed by atoms with E-state index in [1.807, 2.05) is 0 Å². The number of rotatable bonds is 5. The topological polar surface area (TPSA) is 30.5 Å². The van der Waals surface area contributed by atoms with Crippen LogP contribution in [0.1, 0.15) is 25.0 Å². The molecule has 18 heavy (non-hydrogen) atoms. The SMILES string of the molecule is COCC(C)(C)NCc1cc(Br)cc2c1OCC2. The van der Waals surface area contributed by atoms with Gasteiger partial charge in [0.25, 0.3) is 0 Å². The highest BCUT2D eigenvalue weighted by atomic mass is 79.9. The zero-order valence-corrected chi connectivity index (χ0v) is 12.8. The summed E-state index contributed by atoms with van der Waals surface area (Å²) in [6.45, 7) is 6.54. The molecule has 0 radical (unpaired) electrons. The van der Waals surface area contributed by atoms with E-state index in [1.54, 1.807) is 7.11 Å². The Hall–Kier alpha value is -0.580. The number of fused-ring (bicyclic) bond motifs is 1. The van der Waals surface area contributed by atoms with Crippen LogP contribution in [0.15, 0.2) is 16.6 Å². The van der Waals surface area contributed by atoms with E-state index < -0.39 is 0 Å². The molecule has 0 aliphatic carbocycles. The number of ether oxygens (including phenoxy) is 2. The Labute approximate surface area is 117 Å². The predicted molar refractivity (Wildman–Crippen MR) is 76.1 cm³/mol. The van der Waals surface area contributed by atoms with Gasteiger partial charge in [0.2, 0.25) is 0 Å². The lowest BCUT2D eigenvalue weighted by molar-refractivity contribution is 0.127. The first-order valence-electron chi connectivity index (χ1n) is 6.20. The number of hydrogen-bond acceptors (Lipinski definition) is 3. The minimum absolute atomic E-state index is 0.0391. The normalized spacial score (nSPS) is 14.4. The number of methoxy groups -OCH3 is 1.